The lowest BCUT2D eigenvalue weighted by atomic mass is 9.97. The molecule has 0 atom stereocenters. The predicted octanol–water partition coefficient (Wildman–Crippen LogP) is 2.10. The van der Waals surface area contributed by atoms with Crippen LogP contribution in [-0.2, 0) is 9.53 Å². The third kappa shape index (κ3) is 2.53. The van der Waals surface area contributed by atoms with Crippen molar-refractivity contribution < 1.29 is 9.53 Å². The molecular formula is C7H10Br2O2. The van der Waals surface area contributed by atoms with E-state index < -0.39 is 3.23 Å². The Morgan fingerprint density at radius 2 is 1.91 bits per heavy atom. The van der Waals surface area contributed by atoms with E-state index in [4.69, 9.17) is 4.74 Å². The molecule has 4 heteroatoms. The van der Waals surface area contributed by atoms with Gasteiger partial charge in [0.1, 0.15) is 9.52 Å². The summed E-state index contributed by atoms with van der Waals surface area (Å²) in [6.07, 6.45) is 2.79. The van der Waals surface area contributed by atoms with Gasteiger partial charge in [-0.1, -0.05) is 31.9 Å². The summed E-state index contributed by atoms with van der Waals surface area (Å²) < 4.78 is 4.66. The average molecular weight is 286 g/mol. The quantitative estimate of drug-likeness (QED) is 0.574. The number of hydrogen-bond acceptors (Lipinski definition) is 2. The second kappa shape index (κ2) is 4.01. The van der Waals surface area contributed by atoms with Crippen molar-refractivity contribution in [2.24, 2.45) is 5.92 Å². The second-order valence-electron chi connectivity index (χ2n) is 2.68. The standard InChI is InChI=1S/C7H10Br2O2/c8-7(9,5-10)6-1-3-11-4-2-6/h5-6H,1-4H2. The van der Waals surface area contributed by atoms with Gasteiger partial charge < -0.3 is 9.53 Å². The maximum absolute atomic E-state index is 10.6. The Balaban J connectivity index is 2.50. The van der Waals surface area contributed by atoms with E-state index in [1.165, 1.54) is 0 Å². The molecule has 0 aromatic heterocycles. The van der Waals surface area contributed by atoms with Crippen LogP contribution < -0.4 is 0 Å². The van der Waals surface area contributed by atoms with E-state index in [-0.39, 0.29) is 0 Å². The van der Waals surface area contributed by atoms with Crippen LogP contribution in [-0.4, -0.2) is 22.7 Å². The maximum Gasteiger partial charge on any atom is 0.147 e. The van der Waals surface area contributed by atoms with Gasteiger partial charge >= 0.3 is 0 Å². The Kier molecular flexibility index (Phi) is 3.52. The lowest BCUT2D eigenvalue weighted by Crippen LogP contribution is -2.31. The second-order valence-corrected chi connectivity index (χ2v) is 6.37. The highest BCUT2D eigenvalue weighted by molar-refractivity contribution is 9.25. The molecule has 11 heavy (non-hydrogen) atoms. The van der Waals surface area contributed by atoms with Gasteiger partial charge in [0.25, 0.3) is 0 Å². The highest BCUT2D eigenvalue weighted by Gasteiger charge is 2.34. The number of halogens is 2. The summed E-state index contributed by atoms with van der Waals surface area (Å²) in [6, 6.07) is 0. The molecule has 0 unspecified atom stereocenters. The number of carbonyl (C=O) groups excluding carboxylic acids is 1. The highest BCUT2D eigenvalue weighted by atomic mass is 79.9. The Morgan fingerprint density at radius 3 is 2.36 bits per heavy atom. The molecule has 0 bridgehead atoms. The van der Waals surface area contributed by atoms with Gasteiger partial charge in [0, 0.05) is 13.2 Å². The molecule has 0 saturated carbocycles. The lowest BCUT2D eigenvalue weighted by Gasteiger charge is -2.29. The van der Waals surface area contributed by atoms with Crippen LogP contribution in [0.25, 0.3) is 0 Å². The largest absolute Gasteiger partial charge is 0.381 e. The van der Waals surface area contributed by atoms with Crippen molar-refractivity contribution in [3.05, 3.63) is 0 Å². The molecule has 0 N–H and O–H groups in total. The number of rotatable bonds is 2. The lowest BCUT2D eigenvalue weighted by molar-refractivity contribution is -0.109. The first kappa shape index (κ1) is 9.68. The minimum absolute atomic E-state index is 0.355. The van der Waals surface area contributed by atoms with Crippen LogP contribution in [0.5, 0.6) is 0 Å². The van der Waals surface area contributed by atoms with E-state index >= 15 is 0 Å². The van der Waals surface area contributed by atoms with Crippen LogP contribution in [0.15, 0.2) is 0 Å². The summed E-state index contributed by atoms with van der Waals surface area (Å²) in [7, 11) is 0. The highest BCUT2D eigenvalue weighted by Crippen LogP contribution is 2.38. The minimum atomic E-state index is -0.524. The van der Waals surface area contributed by atoms with Crippen molar-refractivity contribution >= 4 is 38.1 Å². The molecule has 1 saturated heterocycles. The van der Waals surface area contributed by atoms with E-state index in [0.29, 0.717) is 5.92 Å². The molecule has 0 amide bonds. The summed E-state index contributed by atoms with van der Waals surface area (Å²) in [6.45, 7) is 1.52. The third-order valence-corrected chi connectivity index (χ3v) is 3.59. The van der Waals surface area contributed by atoms with E-state index in [0.717, 1.165) is 32.3 Å². The first-order valence-electron chi connectivity index (χ1n) is 3.58. The Morgan fingerprint density at radius 1 is 1.36 bits per heavy atom. The van der Waals surface area contributed by atoms with Gasteiger partial charge in [0.15, 0.2) is 0 Å². The summed E-state index contributed by atoms with van der Waals surface area (Å²) in [5, 5.41) is 0. The fraction of sp³-hybridized carbons (Fsp3) is 0.857. The Labute approximate surface area is 82.9 Å². The van der Waals surface area contributed by atoms with Crippen molar-refractivity contribution in [1.82, 2.24) is 0 Å². The summed E-state index contributed by atoms with van der Waals surface area (Å²) >= 11 is 6.67. The average Bonchev–Trinajstić information content (AvgIpc) is 2.06. The monoisotopic (exact) mass is 284 g/mol. The number of ether oxygens (including phenoxy) is 1. The van der Waals surface area contributed by atoms with E-state index in [2.05, 4.69) is 31.9 Å². The third-order valence-electron chi connectivity index (χ3n) is 1.92. The van der Waals surface area contributed by atoms with Crippen LogP contribution in [0, 0.1) is 5.92 Å². The molecule has 1 heterocycles. The number of hydrogen-bond donors (Lipinski definition) is 0. The van der Waals surface area contributed by atoms with Gasteiger partial charge in [0.05, 0.1) is 0 Å². The van der Waals surface area contributed by atoms with Crippen LogP contribution in [0.1, 0.15) is 12.8 Å². The SMILES string of the molecule is O=CC(Br)(Br)C1CCOCC1. The summed E-state index contributed by atoms with van der Waals surface area (Å²) in [5.41, 5.74) is 0. The van der Waals surface area contributed by atoms with Crippen molar-refractivity contribution in [3.63, 3.8) is 0 Å². The predicted molar refractivity (Wildman–Crippen MR) is 50.2 cm³/mol. The summed E-state index contributed by atoms with van der Waals surface area (Å²) in [5.74, 6) is 0.355. The van der Waals surface area contributed by atoms with Crippen LogP contribution >= 0.6 is 31.9 Å². The van der Waals surface area contributed by atoms with Gasteiger partial charge in [-0.15, -0.1) is 0 Å². The molecule has 1 rings (SSSR count). The molecule has 0 aliphatic carbocycles. The maximum atomic E-state index is 10.6. The number of carbonyl (C=O) groups is 1. The van der Waals surface area contributed by atoms with Crippen molar-refractivity contribution in [2.45, 2.75) is 16.1 Å². The van der Waals surface area contributed by atoms with Gasteiger partial charge in [-0.25, -0.2) is 0 Å². The molecule has 0 aromatic rings. The van der Waals surface area contributed by atoms with Crippen LogP contribution in [0.2, 0.25) is 0 Å². The number of aldehydes is 1. The molecule has 1 fully saturated rings. The Hall–Kier alpha value is 0.590. The molecule has 1 aliphatic rings. The molecule has 0 aromatic carbocycles. The minimum Gasteiger partial charge on any atom is -0.381 e. The van der Waals surface area contributed by atoms with Gasteiger partial charge in [0.2, 0.25) is 0 Å². The first-order chi connectivity index (χ1) is 5.17. The summed E-state index contributed by atoms with van der Waals surface area (Å²) in [4.78, 5) is 10.6. The Bertz CT molecular complexity index is 141. The van der Waals surface area contributed by atoms with Crippen molar-refractivity contribution in [2.75, 3.05) is 13.2 Å². The van der Waals surface area contributed by atoms with E-state index in [1.807, 2.05) is 0 Å². The molecule has 2 nitrogen and oxygen atoms in total. The van der Waals surface area contributed by atoms with Crippen molar-refractivity contribution in [1.29, 1.82) is 0 Å². The van der Waals surface area contributed by atoms with Crippen molar-refractivity contribution in [3.8, 4) is 0 Å². The normalized spacial score (nSPS) is 21.6. The van der Waals surface area contributed by atoms with E-state index in [9.17, 15) is 4.79 Å². The molecule has 64 valence electrons. The van der Waals surface area contributed by atoms with Crippen LogP contribution in [0.3, 0.4) is 0 Å². The zero-order valence-corrected chi connectivity index (χ0v) is 9.23. The molecule has 0 spiro atoms. The van der Waals surface area contributed by atoms with E-state index in [1.54, 1.807) is 0 Å². The van der Waals surface area contributed by atoms with Gasteiger partial charge in [-0.3, -0.25) is 0 Å². The van der Waals surface area contributed by atoms with Gasteiger partial charge in [-0.05, 0) is 18.8 Å². The van der Waals surface area contributed by atoms with Crippen LogP contribution in [0.4, 0.5) is 0 Å². The molecule has 0 radical (unpaired) electrons. The zero-order valence-electron chi connectivity index (χ0n) is 6.06. The fourth-order valence-corrected chi connectivity index (χ4v) is 2.09. The topological polar surface area (TPSA) is 26.3 Å². The molecular weight excluding hydrogens is 276 g/mol. The first-order valence-corrected chi connectivity index (χ1v) is 5.17. The zero-order chi connectivity index (χ0) is 8.32. The van der Waals surface area contributed by atoms with Gasteiger partial charge in [-0.2, -0.15) is 0 Å². The molecule has 1 aliphatic heterocycles. The smallest absolute Gasteiger partial charge is 0.147 e. The number of alkyl halides is 2. The fourth-order valence-electron chi connectivity index (χ4n) is 1.18.